The molecule has 1 aromatic carbocycles. The number of benzene rings is 1. The number of carbonyl (C=O) groups excluding carboxylic acids is 2. The predicted molar refractivity (Wildman–Crippen MR) is 91.7 cm³/mol. The van der Waals surface area contributed by atoms with Gasteiger partial charge in [-0.15, -0.1) is 0 Å². The van der Waals surface area contributed by atoms with Crippen molar-refractivity contribution in [3.05, 3.63) is 41.2 Å². The quantitative estimate of drug-likeness (QED) is 0.840. The van der Waals surface area contributed by atoms with Gasteiger partial charge in [-0.3, -0.25) is 14.3 Å². The van der Waals surface area contributed by atoms with Crippen LogP contribution in [0.25, 0.3) is 0 Å². The van der Waals surface area contributed by atoms with Gasteiger partial charge in [-0.05, 0) is 25.1 Å². The van der Waals surface area contributed by atoms with Crippen molar-refractivity contribution in [1.29, 1.82) is 5.26 Å². The zero-order valence-corrected chi connectivity index (χ0v) is 14.5. The number of carboxylic acid groups (broad SMARTS) is 1. The maximum atomic E-state index is 12.5. The van der Waals surface area contributed by atoms with E-state index in [9.17, 15) is 19.5 Å². The largest absolute Gasteiger partial charge is 0.495 e. The van der Waals surface area contributed by atoms with Gasteiger partial charge in [0.2, 0.25) is 0 Å². The number of aromatic nitrogens is 2. The van der Waals surface area contributed by atoms with Gasteiger partial charge in [0, 0.05) is 5.56 Å². The van der Waals surface area contributed by atoms with E-state index in [4.69, 9.17) is 10.00 Å². The van der Waals surface area contributed by atoms with Gasteiger partial charge in [-0.25, -0.2) is 9.69 Å². The molecule has 3 amide bonds. The van der Waals surface area contributed by atoms with Crippen molar-refractivity contribution in [2.75, 3.05) is 19.0 Å². The molecule has 0 spiro atoms. The van der Waals surface area contributed by atoms with Crippen molar-refractivity contribution in [2.45, 2.75) is 13.0 Å². The van der Waals surface area contributed by atoms with Crippen LogP contribution < -0.4 is 10.1 Å². The molecule has 0 fully saturated rings. The second-order valence-electron chi connectivity index (χ2n) is 5.88. The molecule has 1 atom stereocenters. The summed E-state index contributed by atoms with van der Waals surface area (Å²) in [6.45, 7) is 1.69. The highest BCUT2D eigenvalue weighted by Gasteiger charge is 2.36. The highest BCUT2D eigenvalue weighted by Crippen LogP contribution is 2.27. The Hall–Kier alpha value is -3.87. The standard InChI is InChI=1S/C17H15N5O5/c1-9-8-21(17(25)26)16(24)14-12(7-19-22(9)14)20-15(23)10-3-4-13(27-2)11(5-10)6-18/h3-5,7,9H,8H2,1-2H3,(H,20,23)(H,25,26)/t9-/m0/s1. The number of amides is 3. The number of nitrogens with one attached hydrogen (secondary N) is 1. The molecule has 1 aliphatic rings. The molecule has 138 valence electrons. The molecule has 2 aromatic rings. The van der Waals surface area contributed by atoms with Crippen LogP contribution in [0, 0.1) is 11.3 Å². The zero-order chi connectivity index (χ0) is 19.7. The molecule has 27 heavy (non-hydrogen) atoms. The van der Waals surface area contributed by atoms with E-state index in [0.717, 1.165) is 0 Å². The average Bonchev–Trinajstić information content (AvgIpc) is 3.08. The van der Waals surface area contributed by atoms with Crippen molar-refractivity contribution < 1.29 is 24.2 Å². The fraction of sp³-hybridized carbons (Fsp3) is 0.235. The van der Waals surface area contributed by atoms with Crippen LogP contribution in [0.15, 0.2) is 24.4 Å². The fourth-order valence-corrected chi connectivity index (χ4v) is 2.85. The van der Waals surface area contributed by atoms with Crippen molar-refractivity contribution in [1.82, 2.24) is 14.7 Å². The number of methoxy groups -OCH3 is 1. The molecular weight excluding hydrogens is 354 g/mol. The monoisotopic (exact) mass is 369 g/mol. The first-order valence-electron chi connectivity index (χ1n) is 7.89. The minimum absolute atomic E-state index is 0.0153. The molecular formula is C17H15N5O5. The van der Waals surface area contributed by atoms with Crippen LogP contribution in [0.3, 0.4) is 0 Å². The van der Waals surface area contributed by atoms with E-state index in [1.54, 1.807) is 6.92 Å². The Morgan fingerprint density at radius 1 is 1.44 bits per heavy atom. The van der Waals surface area contributed by atoms with Gasteiger partial charge in [-0.1, -0.05) is 0 Å². The number of imide groups is 1. The second-order valence-corrected chi connectivity index (χ2v) is 5.88. The molecule has 0 saturated heterocycles. The maximum Gasteiger partial charge on any atom is 0.414 e. The molecule has 3 rings (SSSR count). The summed E-state index contributed by atoms with van der Waals surface area (Å²) in [5.41, 5.74) is 0.443. The van der Waals surface area contributed by atoms with Crippen LogP contribution in [0.1, 0.15) is 39.4 Å². The number of nitrogens with zero attached hydrogens (tertiary/aromatic N) is 4. The number of nitriles is 1. The Kier molecular flexibility index (Phi) is 4.51. The number of fused-ring (bicyclic) bond motifs is 1. The van der Waals surface area contributed by atoms with E-state index in [1.165, 1.54) is 36.2 Å². The lowest BCUT2D eigenvalue weighted by Gasteiger charge is -2.28. The third kappa shape index (κ3) is 3.06. The Labute approximate surface area is 153 Å². The van der Waals surface area contributed by atoms with E-state index in [0.29, 0.717) is 10.6 Å². The number of anilines is 1. The third-order valence-electron chi connectivity index (χ3n) is 4.17. The van der Waals surface area contributed by atoms with Gasteiger partial charge in [0.15, 0.2) is 5.69 Å². The lowest BCUT2D eigenvalue weighted by molar-refractivity contribution is 0.0658. The van der Waals surface area contributed by atoms with Gasteiger partial charge >= 0.3 is 6.09 Å². The van der Waals surface area contributed by atoms with Crippen LogP contribution in [-0.4, -0.2) is 51.3 Å². The van der Waals surface area contributed by atoms with E-state index in [1.807, 2.05) is 6.07 Å². The molecule has 10 heteroatoms. The minimum Gasteiger partial charge on any atom is -0.495 e. The zero-order valence-electron chi connectivity index (χ0n) is 14.5. The highest BCUT2D eigenvalue weighted by atomic mass is 16.5. The van der Waals surface area contributed by atoms with Crippen LogP contribution in [0.4, 0.5) is 10.5 Å². The minimum atomic E-state index is -1.37. The molecule has 0 saturated carbocycles. The highest BCUT2D eigenvalue weighted by molar-refractivity contribution is 6.11. The molecule has 2 N–H and O–H groups in total. The average molecular weight is 369 g/mol. The van der Waals surface area contributed by atoms with Crippen molar-refractivity contribution in [2.24, 2.45) is 0 Å². The second kappa shape index (κ2) is 6.80. The summed E-state index contributed by atoms with van der Waals surface area (Å²) in [5.74, 6) is -1.00. The molecule has 1 aliphatic heterocycles. The summed E-state index contributed by atoms with van der Waals surface area (Å²) in [6, 6.07) is 5.88. The SMILES string of the molecule is COc1ccc(C(=O)Nc2cnn3c2C(=O)N(C(=O)O)C[C@@H]3C)cc1C#N. The lowest BCUT2D eigenvalue weighted by Crippen LogP contribution is -2.45. The van der Waals surface area contributed by atoms with Gasteiger partial charge < -0.3 is 15.2 Å². The topological polar surface area (TPSA) is 138 Å². The van der Waals surface area contributed by atoms with Crippen molar-refractivity contribution in [3.63, 3.8) is 0 Å². The Balaban J connectivity index is 1.92. The Morgan fingerprint density at radius 3 is 2.81 bits per heavy atom. The first-order valence-corrected chi connectivity index (χ1v) is 7.89. The number of carbonyl (C=O) groups is 3. The first-order chi connectivity index (χ1) is 12.9. The van der Waals surface area contributed by atoms with Crippen LogP contribution in [0.2, 0.25) is 0 Å². The molecule has 1 aromatic heterocycles. The molecule has 0 unspecified atom stereocenters. The predicted octanol–water partition coefficient (Wildman–Crippen LogP) is 1.71. The number of hydrogen-bond acceptors (Lipinski definition) is 6. The van der Waals surface area contributed by atoms with E-state index >= 15 is 0 Å². The molecule has 0 radical (unpaired) electrons. The lowest BCUT2D eigenvalue weighted by atomic mass is 10.1. The van der Waals surface area contributed by atoms with Crippen molar-refractivity contribution in [3.8, 4) is 11.8 Å². The van der Waals surface area contributed by atoms with Crippen molar-refractivity contribution >= 4 is 23.6 Å². The number of ether oxygens (including phenoxy) is 1. The van der Waals surface area contributed by atoms with Gasteiger partial charge in [0.05, 0.1) is 37.1 Å². The summed E-state index contributed by atoms with van der Waals surface area (Å²) in [6.07, 6.45) is -0.0766. The van der Waals surface area contributed by atoms with E-state index < -0.39 is 17.9 Å². The molecule has 0 aliphatic carbocycles. The Bertz CT molecular complexity index is 990. The number of rotatable bonds is 3. The summed E-state index contributed by atoms with van der Waals surface area (Å²) in [5, 5.41) is 25.0. The normalized spacial score (nSPS) is 15.7. The summed E-state index contributed by atoms with van der Waals surface area (Å²) in [7, 11) is 1.41. The molecule has 2 heterocycles. The van der Waals surface area contributed by atoms with Gasteiger partial charge in [0.25, 0.3) is 11.8 Å². The maximum absolute atomic E-state index is 12.5. The molecule has 0 bridgehead atoms. The van der Waals surface area contributed by atoms with Gasteiger partial charge in [0.1, 0.15) is 11.8 Å². The summed E-state index contributed by atoms with van der Waals surface area (Å²) >= 11 is 0. The van der Waals surface area contributed by atoms with Crippen LogP contribution in [0.5, 0.6) is 5.75 Å². The van der Waals surface area contributed by atoms with E-state index in [2.05, 4.69) is 10.4 Å². The number of hydrogen-bond donors (Lipinski definition) is 2. The molecule has 10 nitrogen and oxygen atoms in total. The summed E-state index contributed by atoms with van der Waals surface area (Å²) in [4.78, 5) is 36.9. The third-order valence-corrected chi connectivity index (χ3v) is 4.17. The van der Waals surface area contributed by atoms with Gasteiger partial charge in [-0.2, -0.15) is 10.4 Å². The smallest absolute Gasteiger partial charge is 0.414 e. The Morgan fingerprint density at radius 2 is 2.19 bits per heavy atom. The van der Waals surface area contributed by atoms with Crippen LogP contribution >= 0.6 is 0 Å². The fourth-order valence-electron chi connectivity index (χ4n) is 2.85. The van der Waals surface area contributed by atoms with E-state index in [-0.39, 0.29) is 35.1 Å². The van der Waals surface area contributed by atoms with Crippen LogP contribution in [-0.2, 0) is 0 Å². The first kappa shape index (κ1) is 17.9. The summed E-state index contributed by atoms with van der Waals surface area (Å²) < 4.78 is 6.42.